The topological polar surface area (TPSA) is 85.4 Å². The van der Waals surface area contributed by atoms with E-state index in [1.165, 1.54) is 12.0 Å². The first-order valence-electron chi connectivity index (χ1n) is 10.7. The molecule has 0 spiro atoms. The number of nitrogens with zero attached hydrogens (tertiary/aromatic N) is 2. The Hall–Kier alpha value is -4.17. The molecule has 172 valence electrons. The molecular formula is C26H22N2O6. The Kier molecular flexibility index (Phi) is 5.51. The molecule has 3 aromatic rings. The molecule has 0 bridgehead atoms. The van der Waals surface area contributed by atoms with Crippen LogP contribution in [0.1, 0.15) is 22.0 Å². The van der Waals surface area contributed by atoms with Crippen LogP contribution in [0.4, 0.5) is 11.4 Å². The van der Waals surface area contributed by atoms with Crippen LogP contribution in [-0.4, -0.2) is 38.1 Å². The van der Waals surface area contributed by atoms with E-state index in [0.29, 0.717) is 17.0 Å². The van der Waals surface area contributed by atoms with Crippen LogP contribution in [0.15, 0.2) is 78.9 Å². The predicted octanol–water partition coefficient (Wildman–Crippen LogP) is 3.53. The number of anilines is 2. The Balaban J connectivity index is 1.54. The standard InChI is InChI=1S/C26H22N2O6/c1-32-20-14-12-18(13-15-20)27-24(29)21-22(16-8-10-17(11-9-16)26(31)33-2)28(34-23(21)25(27)30)19-6-4-3-5-7-19/h3-15,21-23H,1-2H3/t21-,22-,23-/m1/s1. The minimum absolute atomic E-state index is 0.347. The number of rotatable bonds is 5. The van der Waals surface area contributed by atoms with E-state index < -0.39 is 29.9 Å². The summed E-state index contributed by atoms with van der Waals surface area (Å²) in [5.74, 6) is -1.36. The summed E-state index contributed by atoms with van der Waals surface area (Å²) in [6.07, 6.45) is -0.972. The van der Waals surface area contributed by atoms with Gasteiger partial charge in [0, 0.05) is 0 Å². The van der Waals surface area contributed by atoms with E-state index in [9.17, 15) is 14.4 Å². The third kappa shape index (κ3) is 3.48. The monoisotopic (exact) mass is 458 g/mol. The zero-order valence-corrected chi connectivity index (χ0v) is 18.6. The molecule has 5 rings (SSSR count). The third-order valence-corrected chi connectivity index (χ3v) is 6.13. The number of ether oxygens (including phenoxy) is 2. The van der Waals surface area contributed by atoms with Gasteiger partial charge in [0.15, 0.2) is 6.10 Å². The van der Waals surface area contributed by atoms with E-state index in [1.807, 2.05) is 30.3 Å². The van der Waals surface area contributed by atoms with E-state index in [-0.39, 0.29) is 5.91 Å². The first-order chi connectivity index (χ1) is 16.5. The fourth-order valence-corrected chi connectivity index (χ4v) is 4.47. The van der Waals surface area contributed by atoms with Crippen LogP contribution in [0.5, 0.6) is 5.75 Å². The molecule has 2 amide bonds. The molecule has 8 heteroatoms. The van der Waals surface area contributed by atoms with Crippen molar-refractivity contribution in [2.45, 2.75) is 12.1 Å². The number of benzene rings is 3. The highest BCUT2D eigenvalue weighted by molar-refractivity contribution is 6.23. The quantitative estimate of drug-likeness (QED) is 0.427. The molecule has 34 heavy (non-hydrogen) atoms. The maximum absolute atomic E-state index is 13.6. The van der Waals surface area contributed by atoms with E-state index in [1.54, 1.807) is 60.7 Å². The smallest absolute Gasteiger partial charge is 0.337 e. The summed E-state index contributed by atoms with van der Waals surface area (Å²) in [6, 6.07) is 22.3. The summed E-state index contributed by atoms with van der Waals surface area (Å²) in [6.45, 7) is 0. The number of carbonyl (C=O) groups is 3. The normalized spacial score (nSPS) is 21.5. The Morgan fingerprint density at radius 3 is 2.12 bits per heavy atom. The van der Waals surface area contributed by atoms with Crippen molar-refractivity contribution in [1.29, 1.82) is 0 Å². The second-order valence-electron chi connectivity index (χ2n) is 7.98. The lowest BCUT2D eigenvalue weighted by atomic mass is 9.90. The number of carbonyl (C=O) groups excluding carboxylic acids is 3. The van der Waals surface area contributed by atoms with E-state index in [4.69, 9.17) is 14.3 Å². The summed E-state index contributed by atoms with van der Waals surface area (Å²) in [5.41, 5.74) is 2.30. The summed E-state index contributed by atoms with van der Waals surface area (Å²) in [4.78, 5) is 46.2. The largest absolute Gasteiger partial charge is 0.497 e. The average Bonchev–Trinajstić information content (AvgIpc) is 3.40. The fourth-order valence-electron chi connectivity index (χ4n) is 4.47. The van der Waals surface area contributed by atoms with E-state index >= 15 is 0 Å². The number of imide groups is 1. The summed E-state index contributed by atoms with van der Waals surface area (Å²) in [7, 11) is 2.87. The second kappa shape index (κ2) is 8.64. The fraction of sp³-hybridized carbons (Fsp3) is 0.192. The van der Waals surface area contributed by atoms with Crippen molar-refractivity contribution in [3.8, 4) is 5.75 Å². The van der Waals surface area contributed by atoms with Gasteiger partial charge in [-0.05, 0) is 54.1 Å². The van der Waals surface area contributed by atoms with Gasteiger partial charge in [0.1, 0.15) is 11.7 Å². The molecule has 0 unspecified atom stereocenters. The number of methoxy groups -OCH3 is 2. The van der Waals surface area contributed by atoms with Crippen LogP contribution < -0.4 is 14.7 Å². The van der Waals surface area contributed by atoms with Crippen molar-refractivity contribution in [2.75, 3.05) is 24.2 Å². The predicted molar refractivity (Wildman–Crippen MR) is 123 cm³/mol. The molecule has 0 saturated carbocycles. The highest BCUT2D eigenvalue weighted by Crippen LogP contribution is 2.47. The minimum Gasteiger partial charge on any atom is -0.497 e. The van der Waals surface area contributed by atoms with Gasteiger partial charge in [-0.25, -0.2) is 14.8 Å². The Labute approximate surface area is 196 Å². The van der Waals surface area contributed by atoms with Crippen LogP contribution >= 0.6 is 0 Å². The molecule has 2 fully saturated rings. The lowest BCUT2D eigenvalue weighted by Crippen LogP contribution is -2.37. The van der Waals surface area contributed by atoms with Gasteiger partial charge >= 0.3 is 5.97 Å². The lowest BCUT2D eigenvalue weighted by molar-refractivity contribution is -0.126. The first kappa shape index (κ1) is 21.7. The maximum atomic E-state index is 13.6. The zero-order valence-electron chi connectivity index (χ0n) is 18.6. The Morgan fingerprint density at radius 2 is 1.50 bits per heavy atom. The lowest BCUT2D eigenvalue weighted by Gasteiger charge is -2.28. The number of esters is 1. The number of hydrogen-bond acceptors (Lipinski definition) is 7. The SMILES string of the molecule is COC(=O)c1ccc([C@@H]2[C@H]3C(=O)N(c4ccc(OC)cc4)C(=O)[C@@H]3ON2c2ccccc2)cc1. The molecule has 8 nitrogen and oxygen atoms in total. The van der Waals surface area contributed by atoms with Crippen LogP contribution in [0.2, 0.25) is 0 Å². The molecule has 2 saturated heterocycles. The van der Waals surface area contributed by atoms with Crippen LogP contribution in [0, 0.1) is 5.92 Å². The molecule has 0 N–H and O–H groups in total. The molecule has 0 aliphatic carbocycles. The number of hydroxylamine groups is 1. The number of amides is 2. The first-order valence-corrected chi connectivity index (χ1v) is 10.7. The second-order valence-corrected chi connectivity index (χ2v) is 7.98. The van der Waals surface area contributed by atoms with Gasteiger partial charge in [-0.3, -0.25) is 14.4 Å². The number of hydrogen-bond donors (Lipinski definition) is 0. The molecule has 2 aliphatic rings. The molecule has 0 aromatic heterocycles. The summed E-state index contributed by atoms with van der Waals surface area (Å²) in [5, 5.41) is 1.61. The molecule has 3 atom stereocenters. The van der Waals surface area contributed by atoms with Crippen LogP contribution in [0.3, 0.4) is 0 Å². The Morgan fingerprint density at radius 1 is 0.824 bits per heavy atom. The number of fused-ring (bicyclic) bond motifs is 1. The highest BCUT2D eigenvalue weighted by atomic mass is 16.7. The van der Waals surface area contributed by atoms with Crippen molar-refractivity contribution in [3.05, 3.63) is 90.0 Å². The van der Waals surface area contributed by atoms with Crippen molar-refractivity contribution < 1.29 is 28.7 Å². The third-order valence-electron chi connectivity index (χ3n) is 6.13. The average molecular weight is 458 g/mol. The Bertz CT molecular complexity index is 1230. The van der Waals surface area contributed by atoms with E-state index in [2.05, 4.69) is 0 Å². The van der Waals surface area contributed by atoms with Gasteiger partial charge in [-0.1, -0.05) is 30.3 Å². The van der Waals surface area contributed by atoms with Crippen molar-refractivity contribution in [1.82, 2.24) is 0 Å². The molecule has 2 heterocycles. The van der Waals surface area contributed by atoms with Gasteiger partial charge < -0.3 is 9.47 Å². The highest BCUT2D eigenvalue weighted by Gasteiger charge is 2.60. The van der Waals surface area contributed by atoms with Gasteiger partial charge in [0.25, 0.3) is 5.91 Å². The van der Waals surface area contributed by atoms with Gasteiger partial charge in [-0.2, -0.15) is 0 Å². The zero-order chi connectivity index (χ0) is 23.8. The maximum Gasteiger partial charge on any atom is 0.337 e. The number of para-hydroxylation sites is 1. The van der Waals surface area contributed by atoms with Crippen molar-refractivity contribution in [2.24, 2.45) is 5.92 Å². The van der Waals surface area contributed by atoms with E-state index in [0.717, 1.165) is 11.3 Å². The van der Waals surface area contributed by atoms with Gasteiger partial charge in [0.2, 0.25) is 5.91 Å². The molecule has 2 aliphatic heterocycles. The van der Waals surface area contributed by atoms with Gasteiger partial charge in [-0.15, -0.1) is 0 Å². The van der Waals surface area contributed by atoms with Crippen LogP contribution in [-0.2, 0) is 19.2 Å². The van der Waals surface area contributed by atoms with Crippen molar-refractivity contribution in [3.63, 3.8) is 0 Å². The molecule has 3 aromatic carbocycles. The van der Waals surface area contributed by atoms with Crippen LogP contribution in [0.25, 0.3) is 0 Å². The van der Waals surface area contributed by atoms with Gasteiger partial charge in [0.05, 0.1) is 37.2 Å². The molecule has 0 radical (unpaired) electrons. The summed E-state index contributed by atoms with van der Waals surface area (Å²) >= 11 is 0. The van der Waals surface area contributed by atoms with Crippen molar-refractivity contribution >= 4 is 29.2 Å². The summed E-state index contributed by atoms with van der Waals surface area (Å²) < 4.78 is 9.96. The molecular weight excluding hydrogens is 436 g/mol. The minimum atomic E-state index is -0.972.